The first-order chi connectivity index (χ1) is 12.1. The Kier molecular flexibility index (Phi) is 5.40. The highest BCUT2D eigenvalue weighted by atomic mass is 32.2. The monoisotopic (exact) mass is 374 g/mol. The van der Waals surface area contributed by atoms with Gasteiger partial charge in [0.25, 0.3) is 5.88 Å². The molecule has 0 saturated heterocycles. The van der Waals surface area contributed by atoms with Crippen molar-refractivity contribution in [2.45, 2.75) is 18.7 Å². The molecule has 0 amide bonds. The lowest BCUT2D eigenvalue weighted by molar-refractivity contribution is 0.317. The molecule has 0 aliphatic heterocycles. The van der Waals surface area contributed by atoms with Crippen molar-refractivity contribution in [1.29, 1.82) is 0 Å². The number of aromatic nitrogens is 3. The minimum atomic E-state index is -0.406. The predicted octanol–water partition coefficient (Wildman–Crippen LogP) is 4.57. The standard InChI is InChI=1S/C17H15FN4OS2/c1-10-15(25-17(21-10)12-5-4-6-19-8-12)11(2)22-23-16-14(24-3)7-13(18)9-20-16/h4-9H,1-3H3/b22-11+. The maximum Gasteiger partial charge on any atom is 0.262 e. The van der Waals surface area contributed by atoms with Gasteiger partial charge in [-0.2, -0.15) is 0 Å². The van der Waals surface area contributed by atoms with Gasteiger partial charge in [-0.1, -0.05) is 5.16 Å². The molecule has 0 fully saturated rings. The largest absolute Gasteiger partial charge is 0.335 e. The van der Waals surface area contributed by atoms with Gasteiger partial charge in [0.1, 0.15) is 10.8 Å². The van der Waals surface area contributed by atoms with Crippen LogP contribution in [0.2, 0.25) is 0 Å². The molecular weight excluding hydrogens is 359 g/mol. The number of halogens is 1. The fourth-order valence-electron chi connectivity index (χ4n) is 2.12. The third-order valence-corrected chi connectivity index (χ3v) is 5.36. The Hall–Kier alpha value is -2.32. The Morgan fingerprint density at radius 2 is 2.20 bits per heavy atom. The summed E-state index contributed by atoms with van der Waals surface area (Å²) in [5.74, 6) is -0.125. The second kappa shape index (κ2) is 7.71. The number of nitrogens with zero attached hydrogens (tertiary/aromatic N) is 4. The molecule has 3 rings (SSSR count). The first kappa shape index (κ1) is 17.5. The molecule has 0 aliphatic rings. The highest BCUT2D eigenvalue weighted by Crippen LogP contribution is 2.29. The van der Waals surface area contributed by atoms with E-state index in [1.54, 1.807) is 12.4 Å². The van der Waals surface area contributed by atoms with Gasteiger partial charge in [0.15, 0.2) is 0 Å². The molecule has 0 spiro atoms. The molecule has 3 aromatic rings. The van der Waals surface area contributed by atoms with Gasteiger partial charge < -0.3 is 4.84 Å². The van der Waals surface area contributed by atoms with Crippen LogP contribution >= 0.6 is 23.1 Å². The molecule has 0 aromatic carbocycles. The summed E-state index contributed by atoms with van der Waals surface area (Å²) in [6.07, 6.45) is 6.44. The summed E-state index contributed by atoms with van der Waals surface area (Å²) in [7, 11) is 0. The van der Waals surface area contributed by atoms with E-state index in [1.165, 1.54) is 29.2 Å². The summed E-state index contributed by atoms with van der Waals surface area (Å²) in [5.41, 5.74) is 2.51. The van der Waals surface area contributed by atoms with E-state index in [4.69, 9.17) is 4.84 Å². The zero-order chi connectivity index (χ0) is 17.8. The minimum Gasteiger partial charge on any atom is -0.335 e. The second-order valence-electron chi connectivity index (χ2n) is 5.10. The van der Waals surface area contributed by atoms with Crippen molar-refractivity contribution in [1.82, 2.24) is 15.0 Å². The normalized spacial score (nSPS) is 11.6. The second-order valence-corrected chi connectivity index (χ2v) is 6.95. The van der Waals surface area contributed by atoms with Gasteiger partial charge in [0, 0.05) is 18.0 Å². The van der Waals surface area contributed by atoms with Crippen molar-refractivity contribution in [2.24, 2.45) is 5.16 Å². The molecular formula is C17H15FN4OS2. The lowest BCUT2D eigenvalue weighted by Crippen LogP contribution is -1.99. The summed E-state index contributed by atoms with van der Waals surface area (Å²) in [4.78, 5) is 19.6. The van der Waals surface area contributed by atoms with Crippen molar-refractivity contribution in [3.63, 3.8) is 0 Å². The van der Waals surface area contributed by atoms with E-state index in [9.17, 15) is 4.39 Å². The number of oxime groups is 1. The molecule has 0 atom stereocenters. The summed E-state index contributed by atoms with van der Waals surface area (Å²) < 4.78 is 13.2. The number of rotatable bonds is 5. The highest BCUT2D eigenvalue weighted by molar-refractivity contribution is 7.98. The van der Waals surface area contributed by atoms with Gasteiger partial charge in [0.05, 0.1) is 27.4 Å². The van der Waals surface area contributed by atoms with Crippen LogP contribution in [0.4, 0.5) is 4.39 Å². The van der Waals surface area contributed by atoms with Crippen molar-refractivity contribution in [2.75, 3.05) is 6.26 Å². The fourth-order valence-corrected chi connectivity index (χ4v) is 3.61. The smallest absolute Gasteiger partial charge is 0.262 e. The summed E-state index contributed by atoms with van der Waals surface area (Å²) >= 11 is 2.87. The summed E-state index contributed by atoms with van der Waals surface area (Å²) in [5, 5.41) is 5.02. The van der Waals surface area contributed by atoms with Gasteiger partial charge in [0.2, 0.25) is 0 Å². The minimum absolute atomic E-state index is 0.280. The van der Waals surface area contributed by atoms with Crippen LogP contribution in [-0.4, -0.2) is 26.9 Å². The molecule has 0 bridgehead atoms. The van der Waals surface area contributed by atoms with E-state index < -0.39 is 5.82 Å². The Bertz CT molecular complexity index is 912. The fraction of sp³-hybridized carbons (Fsp3) is 0.176. The molecule has 3 aromatic heterocycles. The van der Waals surface area contributed by atoms with E-state index in [0.29, 0.717) is 10.6 Å². The first-order valence-corrected chi connectivity index (χ1v) is 9.42. The van der Waals surface area contributed by atoms with Crippen LogP contribution in [0.15, 0.2) is 46.8 Å². The average Bonchev–Trinajstić information content (AvgIpc) is 3.03. The van der Waals surface area contributed by atoms with Crippen molar-refractivity contribution < 1.29 is 9.23 Å². The Morgan fingerprint density at radius 1 is 1.36 bits per heavy atom. The third-order valence-electron chi connectivity index (χ3n) is 3.31. The quantitative estimate of drug-likeness (QED) is 0.372. The Balaban J connectivity index is 1.85. The number of thiazole rings is 1. The SMILES string of the molecule is CSc1cc(F)cnc1O/N=C(\C)c1sc(-c2cccnc2)nc1C. The molecule has 0 saturated carbocycles. The summed E-state index contributed by atoms with van der Waals surface area (Å²) in [6, 6.07) is 5.21. The molecule has 3 heterocycles. The van der Waals surface area contributed by atoms with Crippen molar-refractivity contribution in [3.8, 4) is 16.5 Å². The lowest BCUT2D eigenvalue weighted by Gasteiger charge is -2.04. The molecule has 0 radical (unpaired) electrons. The highest BCUT2D eigenvalue weighted by Gasteiger charge is 2.13. The van der Waals surface area contributed by atoms with Gasteiger partial charge in [-0.25, -0.2) is 14.4 Å². The number of hydrogen-bond donors (Lipinski definition) is 0. The van der Waals surface area contributed by atoms with Gasteiger partial charge in [-0.05, 0) is 38.3 Å². The summed E-state index contributed by atoms with van der Waals surface area (Å²) in [6.45, 7) is 3.77. The maximum absolute atomic E-state index is 13.2. The van der Waals surface area contributed by atoms with Crippen LogP contribution in [0, 0.1) is 12.7 Å². The molecule has 128 valence electrons. The molecule has 0 aliphatic carbocycles. The van der Waals surface area contributed by atoms with E-state index in [-0.39, 0.29) is 5.88 Å². The van der Waals surface area contributed by atoms with Crippen LogP contribution in [0.3, 0.4) is 0 Å². The van der Waals surface area contributed by atoms with E-state index in [1.807, 2.05) is 32.2 Å². The number of aryl methyl sites for hydroxylation is 1. The number of thioether (sulfide) groups is 1. The third kappa shape index (κ3) is 4.02. The number of pyridine rings is 2. The van der Waals surface area contributed by atoms with E-state index >= 15 is 0 Å². The Labute approximate surface area is 153 Å². The van der Waals surface area contributed by atoms with Crippen molar-refractivity contribution >= 4 is 28.8 Å². The van der Waals surface area contributed by atoms with Crippen LogP contribution in [0.1, 0.15) is 17.5 Å². The van der Waals surface area contributed by atoms with E-state index in [0.717, 1.165) is 27.3 Å². The van der Waals surface area contributed by atoms with Gasteiger partial charge >= 0.3 is 0 Å². The zero-order valence-electron chi connectivity index (χ0n) is 13.9. The molecule has 5 nitrogen and oxygen atoms in total. The molecule has 0 N–H and O–H groups in total. The maximum atomic E-state index is 13.2. The molecule has 0 unspecified atom stereocenters. The molecule has 8 heteroatoms. The van der Waals surface area contributed by atoms with Crippen LogP contribution in [0.5, 0.6) is 5.88 Å². The van der Waals surface area contributed by atoms with Crippen LogP contribution < -0.4 is 4.84 Å². The van der Waals surface area contributed by atoms with E-state index in [2.05, 4.69) is 20.1 Å². The zero-order valence-corrected chi connectivity index (χ0v) is 15.5. The lowest BCUT2D eigenvalue weighted by atomic mass is 10.3. The first-order valence-electron chi connectivity index (χ1n) is 7.38. The topological polar surface area (TPSA) is 60.3 Å². The predicted molar refractivity (Wildman–Crippen MR) is 98.9 cm³/mol. The molecule has 25 heavy (non-hydrogen) atoms. The van der Waals surface area contributed by atoms with Crippen LogP contribution in [0.25, 0.3) is 10.6 Å². The van der Waals surface area contributed by atoms with Gasteiger partial charge in [-0.3, -0.25) is 4.98 Å². The Morgan fingerprint density at radius 3 is 2.92 bits per heavy atom. The van der Waals surface area contributed by atoms with Gasteiger partial charge in [-0.15, -0.1) is 23.1 Å². The van der Waals surface area contributed by atoms with Crippen LogP contribution in [-0.2, 0) is 0 Å². The number of hydrogen-bond acceptors (Lipinski definition) is 7. The average molecular weight is 374 g/mol. The van der Waals surface area contributed by atoms with Crippen molar-refractivity contribution in [3.05, 3.63) is 53.2 Å².